The summed E-state index contributed by atoms with van der Waals surface area (Å²) in [6.07, 6.45) is 5.05. The quantitative estimate of drug-likeness (QED) is 0.359. The molecule has 0 atom stereocenters. The standard InChI is InChI=1S/C12H17BClNOS/c1-6-8-9(3)13(16)15(5)12(17)10(4)11(14)7-2/h6-8,16H,1,4H2,2-3,5H3/b9-8+,11-7+. The summed E-state index contributed by atoms with van der Waals surface area (Å²) >= 11 is 11.1. The molecule has 0 spiro atoms. The number of nitrogens with zero attached hydrogens (tertiary/aromatic N) is 1. The number of halogens is 1. The highest BCUT2D eigenvalue weighted by Crippen LogP contribution is 2.17. The topological polar surface area (TPSA) is 23.5 Å². The molecule has 0 bridgehead atoms. The minimum Gasteiger partial charge on any atom is -0.429 e. The summed E-state index contributed by atoms with van der Waals surface area (Å²) < 4.78 is 0. The van der Waals surface area contributed by atoms with Crippen LogP contribution in [0.1, 0.15) is 13.8 Å². The van der Waals surface area contributed by atoms with Crippen LogP contribution < -0.4 is 0 Å². The number of hydrogen-bond acceptors (Lipinski definition) is 2. The molecule has 0 aliphatic heterocycles. The van der Waals surface area contributed by atoms with Crippen molar-refractivity contribution in [2.45, 2.75) is 13.8 Å². The second-order valence-electron chi connectivity index (χ2n) is 3.55. The van der Waals surface area contributed by atoms with Gasteiger partial charge in [0, 0.05) is 10.6 Å². The third kappa shape index (κ3) is 4.50. The van der Waals surface area contributed by atoms with E-state index in [4.69, 9.17) is 23.8 Å². The highest BCUT2D eigenvalue weighted by molar-refractivity contribution is 7.80. The lowest BCUT2D eigenvalue weighted by Gasteiger charge is -2.24. The fraction of sp³-hybridized carbons (Fsp3) is 0.250. The Labute approximate surface area is 114 Å². The molecule has 0 aliphatic rings. The molecule has 1 N–H and O–H groups in total. The van der Waals surface area contributed by atoms with E-state index in [0.717, 1.165) is 5.47 Å². The van der Waals surface area contributed by atoms with Crippen LogP contribution in [-0.2, 0) is 0 Å². The van der Waals surface area contributed by atoms with Gasteiger partial charge in [-0.1, -0.05) is 60.7 Å². The van der Waals surface area contributed by atoms with Crippen LogP contribution in [0.3, 0.4) is 0 Å². The van der Waals surface area contributed by atoms with Crippen LogP contribution in [0.5, 0.6) is 0 Å². The Morgan fingerprint density at radius 2 is 2.06 bits per heavy atom. The van der Waals surface area contributed by atoms with Crippen molar-refractivity contribution in [2.24, 2.45) is 0 Å². The molecular weight excluding hydrogens is 252 g/mol. The summed E-state index contributed by atoms with van der Waals surface area (Å²) in [5.41, 5.74) is 1.27. The lowest BCUT2D eigenvalue weighted by molar-refractivity contribution is 0.514. The van der Waals surface area contributed by atoms with Crippen LogP contribution in [-0.4, -0.2) is 28.9 Å². The molecule has 2 nitrogen and oxygen atoms in total. The lowest BCUT2D eigenvalue weighted by atomic mass is 9.72. The van der Waals surface area contributed by atoms with Gasteiger partial charge >= 0.3 is 7.05 Å². The number of allylic oxidation sites excluding steroid dienone is 4. The highest BCUT2D eigenvalue weighted by atomic mass is 35.5. The van der Waals surface area contributed by atoms with Gasteiger partial charge in [0.05, 0.1) is 4.99 Å². The van der Waals surface area contributed by atoms with Gasteiger partial charge in [-0.15, -0.1) is 0 Å². The third-order valence-corrected chi connectivity index (χ3v) is 3.26. The van der Waals surface area contributed by atoms with Gasteiger partial charge in [0.15, 0.2) is 0 Å². The molecule has 0 radical (unpaired) electrons. The minimum atomic E-state index is -0.807. The average Bonchev–Trinajstić information content (AvgIpc) is 2.34. The van der Waals surface area contributed by atoms with E-state index in [2.05, 4.69) is 13.2 Å². The first-order chi connectivity index (χ1) is 7.86. The molecular formula is C12H17BClNOS. The van der Waals surface area contributed by atoms with E-state index < -0.39 is 7.05 Å². The van der Waals surface area contributed by atoms with E-state index in [-0.39, 0.29) is 0 Å². The van der Waals surface area contributed by atoms with E-state index in [1.54, 1.807) is 43.9 Å². The number of likely N-dealkylation sites (N-methyl/N-ethyl adjacent to an activating group) is 1. The number of rotatable bonds is 5. The van der Waals surface area contributed by atoms with Gasteiger partial charge in [0.25, 0.3) is 0 Å². The van der Waals surface area contributed by atoms with Gasteiger partial charge in [-0.3, -0.25) is 0 Å². The molecule has 0 amide bonds. The normalized spacial score (nSPS) is 12.1. The summed E-state index contributed by atoms with van der Waals surface area (Å²) in [5, 5.41) is 10.5. The van der Waals surface area contributed by atoms with Gasteiger partial charge in [-0.25, -0.2) is 0 Å². The maximum absolute atomic E-state index is 10.0. The first-order valence-electron chi connectivity index (χ1n) is 5.12. The molecule has 92 valence electrons. The van der Waals surface area contributed by atoms with Crippen molar-refractivity contribution in [1.82, 2.24) is 4.81 Å². The van der Waals surface area contributed by atoms with Crippen LogP contribution in [0.15, 0.2) is 47.5 Å². The van der Waals surface area contributed by atoms with Crippen LogP contribution in [0.25, 0.3) is 0 Å². The largest absolute Gasteiger partial charge is 0.445 e. The first-order valence-corrected chi connectivity index (χ1v) is 5.91. The van der Waals surface area contributed by atoms with Crippen molar-refractivity contribution in [1.29, 1.82) is 0 Å². The Morgan fingerprint density at radius 1 is 1.53 bits per heavy atom. The molecule has 0 saturated carbocycles. The zero-order valence-corrected chi connectivity index (χ0v) is 12.0. The van der Waals surface area contributed by atoms with Crippen LogP contribution >= 0.6 is 23.8 Å². The molecule has 0 rings (SSSR count). The van der Waals surface area contributed by atoms with E-state index >= 15 is 0 Å². The summed E-state index contributed by atoms with van der Waals surface area (Å²) in [6, 6.07) is 0. The van der Waals surface area contributed by atoms with Crippen LogP contribution in [0.2, 0.25) is 0 Å². The Morgan fingerprint density at radius 3 is 2.47 bits per heavy atom. The summed E-state index contributed by atoms with van der Waals surface area (Å²) in [6.45, 7) is 11.0. The SMILES string of the molecule is C=C/C=C(\C)B(O)N(C)C(=S)C(=C)/C(Cl)=C\C. The molecule has 0 fully saturated rings. The lowest BCUT2D eigenvalue weighted by Crippen LogP contribution is -2.41. The maximum atomic E-state index is 10.0. The van der Waals surface area contributed by atoms with Crippen molar-refractivity contribution < 1.29 is 5.02 Å². The molecule has 0 heterocycles. The van der Waals surface area contributed by atoms with Crippen molar-refractivity contribution in [3.8, 4) is 0 Å². The van der Waals surface area contributed by atoms with Crippen molar-refractivity contribution >= 4 is 35.9 Å². The number of thiocarbonyl (C=S) groups is 1. The molecule has 0 saturated heterocycles. The number of hydrogen-bond donors (Lipinski definition) is 1. The predicted octanol–water partition coefficient (Wildman–Crippen LogP) is 3.10. The molecule has 0 aromatic rings. The Balaban J connectivity index is 4.89. The molecule has 0 aromatic carbocycles. The van der Waals surface area contributed by atoms with Gasteiger partial charge < -0.3 is 9.83 Å². The van der Waals surface area contributed by atoms with Gasteiger partial charge in [-0.05, 0) is 20.9 Å². The van der Waals surface area contributed by atoms with Gasteiger partial charge in [-0.2, -0.15) is 0 Å². The summed E-state index contributed by atoms with van der Waals surface area (Å²) in [7, 11) is 0.886. The molecule has 0 aromatic heterocycles. The zero-order valence-electron chi connectivity index (χ0n) is 10.4. The van der Waals surface area contributed by atoms with Crippen molar-refractivity contribution in [2.75, 3.05) is 7.05 Å². The Hall–Kier alpha value is -0.835. The third-order valence-electron chi connectivity index (χ3n) is 2.28. The Kier molecular flexibility index (Phi) is 7.12. The van der Waals surface area contributed by atoms with E-state index in [0.29, 0.717) is 15.6 Å². The molecule has 17 heavy (non-hydrogen) atoms. The van der Waals surface area contributed by atoms with Crippen LogP contribution in [0, 0.1) is 0 Å². The van der Waals surface area contributed by atoms with Gasteiger partial charge in [0.1, 0.15) is 0 Å². The fourth-order valence-corrected chi connectivity index (χ4v) is 1.53. The molecule has 0 aliphatic carbocycles. The fourth-order valence-electron chi connectivity index (χ4n) is 1.18. The molecule has 0 unspecified atom stereocenters. The predicted molar refractivity (Wildman–Crippen MR) is 81.0 cm³/mol. The first kappa shape index (κ1) is 16.2. The maximum Gasteiger partial charge on any atom is 0.445 e. The average molecular weight is 270 g/mol. The zero-order chi connectivity index (χ0) is 13.6. The van der Waals surface area contributed by atoms with E-state index in [1.165, 1.54) is 0 Å². The highest BCUT2D eigenvalue weighted by Gasteiger charge is 2.24. The van der Waals surface area contributed by atoms with Gasteiger partial charge in [0.2, 0.25) is 0 Å². The van der Waals surface area contributed by atoms with E-state index in [9.17, 15) is 5.02 Å². The van der Waals surface area contributed by atoms with Crippen molar-refractivity contribution in [3.63, 3.8) is 0 Å². The summed E-state index contributed by atoms with van der Waals surface area (Å²) in [5.74, 6) is 0. The second kappa shape index (κ2) is 7.48. The molecule has 5 heteroatoms. The van der Waals surface area contributed by atoms with E-state index in [1.807, 2.05) is 0 Å². The Bertz CT molecular complexity index is 390. The van der Waals surface area contributed by atoms with Crippen molar-refractivity contribution in [3.05, 3.63) is 47.5 Å². The monoisotopic (exact) mass is 269 g/mol. The smallest absolute Gasteiger partial charge is 0.429 e. The second-order valence-corrected chi connectivity index (χ2v) is 4.35. The van der Waals surface area contributed by atoms with Crippen LogP contribution in [0.4, 0.5) is 0 Å². The minimum absolute atomic E-state index is 0.414. The summed E-state index contributed by atoms with van der Waals surface area (Å²) in [4.78, 5) is 1.95.